The summed E-state index contributed by atoms with van der Waals surface area (Å²) in [5, 5.41) is 3.17. The average Bonchev–Trinajstić information content (AvgIpc) is 2.63. The Hall–Kier alpha value is -2.37. The van der Waals surface area contributed by atoms with Crippen LogP contribution in [0.15, 0.2) is 54.6 Å². The summed E-state index contributed by atoms with van der Waals surface area (Å²) in [6, 6.07) is 15.9. The smallest absolute Gasteiger partial charge is 0.328 e. The maximum atomic E-state index is 12.1. The fourth-order valence-corrected chi connectivity index (χ4v) is 2.50. The Labute approximate surface area is 151 Å². The van der Waals surface area contributed by atoms with Gasteiger partial charge in [-0.1, -0.05) is 60.1 Å². The van der Waals surface area contributed by atoms with E-state index in [0.717, 1.165) is 11.1 Å². The van der Waals surface area contributed by atoms with Crippen molar-refractivity contribution in [2.75, 3.05) is 13.7 Å². The zero-order valence-corrected chi connectivity index (χ0v) is 14.7. The predicted molar refractivity (Wildman–Crippen MR) is 95.2 cm³/mol. The number of methoxy groups -OCH3 is 1. The molecule has 6 heteroatoms. The number of benzene rings is 2. The summed E-state index contributed by atoms with van der Waals surface area (Å²) in [5.74, 6) is -0.922. The van der Waals surface area contributed by atoms with Gasteiger partial charge in [0.1, 0.15) is 12.6 Å². The van der Waals surface area contributed by atoms with E-state index in [-0.39, 0.29) is 13.0 Å². The summed E-state index contributed by atoms with van der Waals surface area (Å²) < 4.78 is 10.1. The van der Waals surface area contributed by atoms with Crippen LogP contribution in [0.3, 0.4) is 0 Å². The molecule has 2 rings (SSSR count). The summed E-state index contributed by atoms with van der Waals surface area (Å²) in [5.41, 5.74) is 1.72. The van der Waals surface area contributed by atoms with E-state index in [2.05, 4.69) is 5.32 Å². The third-order valence-electron chi connectivity index (χ3n) is 3.55. The van der Waals surface area contributed by atoms with Gasteiger partial charge >= 0.3 is 5.97 Å². The van der Waals surface area contributed by atoms with Crippen LogP contribution in [0.5, 0.6) is 0 Å². The molecule has 0 aliphatic carbocycles. The van der Waals surface area contributed by atoms with E-state index in [4.69, 9.17) is 21.1 Å². The average molecular weight is 362 g/mol. The fraction of sp³-hybridized carbons (Fsp3) is 0.263. The van der Waals surface area contributed by atoms with Gasteiger partial charge in [0.05, 0.1) is 13.7 Å². The van der Waals surface area contributed by atoms with Gasteiger partial charge in [-0.05, 0) is 17.2 Å². The Bertz CT molecular complexity index is 706. The standard InChI is InChI=1S/C19H20ClNO4/c1-24-19(23)17(11-15-9-5-6-10-16(15)20)21-18(22)13-25-12-14-7-3-2-4-8-14/h2-10,17H,11-13H2,1H3,(H,21,22)/t17-/m1/s1. The Kier molecular flexibility index (Phi) is 7.44. The SMILES string of the molecule is COC(=O)[C@@H](Cc1ccccc1Cl)NC(=O)COCc1ccccc1. The summed E-state index contributed by atoms with van der Waals surface area (Å²) in [6.45, 7) is 0.173. The molecule has 0 fully saturated rings. The molecule has 132 valence electrons. The first kappa shape index (κ1) is 19.0. The number of carbonyl (C=O) groups excluding carboxylic acids is 2. The topological polar surface area (TPSA) is 64.6 Å². The number of ether oxygens (including phenoxy) is 2. The van der Waals surface area contributed by atoms with E-state index in [1.807, 2.05) is 36.4 Å². The first-order valence-electron chi connectivity index (χ1n) is 7.82. The third kappa shape index (κ3) is 6.21. The highest BCUT2D eigenvalue weighted by molar-refractivity contribution is 6.31. The third-order valence-corrected chi connectivity index (χ3v) is 3.92. The van der Waals surface area contributed by atoms with Gasteiger partial charge in [0, 0.05) is 11.4 Å². The first-order valence-corrected chi connectivity index (χ1v) is 8.20. The van der Waals surface area contributed by atoms with Crippen molar-refractivity contribution in [1.82, 2.24) is 5.32 Å². The van der Waals surface area contributed by atoms with Crippen LogP contribution in [0.4, 0.5) is 0 Å². The van der Waals surface area contributed by atoms with E-state index in [1.54, 1.807) is 18.2 Å². The van der Waals surface area contributed by atoms with Crippen LogP contribution >= 0.6 is 11.6 Å². The van der Waals surface area contributed by atoms with Crippen molar-refractivity contribution in [3.05, 3.63) is 70.7 Å². The second kappa shape index (κ2) is 9.81. The molecule has 2 aromatic rings. The molecule has 0 aliphatic rings. The van der Waals surface area contributed by atoms with Gasteiger partial charge in [-0.3, -0.25) is 4.79 Å². The van der Waals surface area contributed by atoms with Crippen molar-refractivity contribution < 1.29 is 19.1 Å². The molecule has 5 nitrogen and oxygen atoms in total. The van der Waals surface area contributed by atoms with E-state index in [1.165, 1.54) is 7.11 Å². The highest BCUT2D eigenvalue weighted by Gasteiger charge is 2.22. The van der Waals surface area contributed by atoms with Crippen molar-refractivity contribution in [2.24, 2.45) is 0 Å². The van der Waals surface area contributed by atoms with Crippen molar-refractivity contribution in [2.45, 2.75) is 19.1 Å². The number of esters is 1. The number of hydrogen-bond donors (Lipinski definition) is 1. The molecule has 1 amide bonds. The predicted octanol–water partition coefficient (Wildman–Crippen LogP) is 2.76. The molecule has 1 N–H and O–H groups in total. The maximum Gasteiger partial charge on any atom is 0.328 e. The molecular weight excluding hydrogens is 342 g/mol. The number of amides is 1. The van der Waals surface area contributed by atoms with Gasteiger partial charge in [-0.15, -0.1) is 0 Å². The van der Waals surface area contributed by atoms with Crippen molar-refractivity contribution in [1.29, 1.82) is 0 Å². The van der Waals surface area contributed by atoms with Crippen LogP contribution in [-0.4, -0.2) is 31.6 Å². The van der Waals surface area contributed by atoms with Crippen LogP contribution in [0, 0.1) is 0 Å². The Morgan fingerprint density at radius 1 is 1.08 bits per heavy atom. The van der Waals surface area contributed by atoms with Gasteiger partial charge in [0.25, 0.3) is 0 Å². The normalized spacial score (nSPS) is 11.6. The summed E-state index contributed by atoms with van der Waals surface area (Å²) in [4.78, 5) is 24.0. The lowest BCUT2D eigenvalue weighted by molar-refractivity contribution is -0.145. The quantitative estimate of drug-likeness (QED) is 0.734. The van der Waals surface area contributed by atoms with Gasteiger partial charge < -0.3 is 14.8 Å². The molecule has 0 bridgehead atoms. The maximum absolute atomic E-state index is 12.1. The van der Waals surface area contributed by atoms with Crippen molar-refractivity contribution in [3.8, 4) is 0 Å². The highest BCUT2D eigenvalue weighted by Crippen LogP contribution is 2.17. The lowest BCUT2D eigenvalue weighted by atomic mass is 10.1. The molecule has 0 spiro atoms. The number of rotatable bonds is 8. The molecule has 0 heterocycles. The minimum absolute atomic E-state index is 0.148. The van der Waals surface area contributed by atoms with Crippen LogP contribution in [-0.2, 0) is 32.1 Å². The van der Waals surface area contributed by atoms with E-state index >= 15 is 0 Å². The summed E-state index contributed by atoms with van der Waals surface area (Å²) in [6.07, 6.45) is 0.247. The molecule has 25 heavy (non-hydrogen) atoms. The van der Waals surface area contributed by atoms with Crippen LogP contribution in [0.1, 0.15) is 11.1 Å². The number of nitrogens with one attached hydrogen (secondary N) is 1. The number of carbonyl (C=O) groups is 2. The Balaban J connectivity index is 1.89. The lowest BCUT2D eigenvalue weighted by Gasteiger charge is -2.17. The molecule has 0 saturated heterocycles. The van der Waals surface area contributed by atoms with Gasteiger partial charge in [-0.2, -0.15) is 0 Å². The number of halogens is 1. The molecule has 0 aliphatic heterocycles. The zero-order valence-electron chi connectivity index (χ0n) is 13.9. The van der Waals surface area contributed by atoms with Crippen molar-refractivity contribution in [3.63, 3.8) is 0 Å². The minimum Gasteiger partial charge on any atom is -0.467 e. The largest absolute Gasteiger partial charge is 0.467 e. The summed E-state index contributed by atoms with van der Waals surface area (Å²) in [7, 11) is 1.28. The second-order valence-electron chi connectivity index (χ2n) is 5.42. The molecular formula is C19H20ClNO4. The lowest BCUT2D eigenvalue weighted by Crippen LogP contribution is -2.44. The van der Waals surface area contributed by atoms with Crippen LogP contribution < -0.4 is 5.32 Å². The second-order valence-corrected chi connectivity index (χ2v) is 5.82. The fourth-order valence-electron chi connectivity index (χ4n) is 2.29. The molecule has 1 atom stereocenters. The highest BCUT2D eigenvalue weighted by atomic mass is 35.5. The van der Waals surface area contributed by atoms with E-state index < -0.39 is 17.9 Å². The molecule has 0 unspecified atom stereocenters. The molecule has 2 aromatic carbocycles. The van der Waals surface area contributed by atoms with Gasteiger partial charge in [0.2, 0.25) is 5.91 Å². The molecule has 0 radical (unpaired) electrons. The van der Waals surface area contributed by atoms with Gasteiger partial charge in [0.15, 0.2) is 0 Å². The molecule has 0 aromatic heterocycles. The van der Waals surface area contributed by atoms with Crippen molar-refractivity contribution >= 4 is 23.5 Å². The molecule has 0 saturated carbocycles. The Morgan fingerprint density at radius 2 is 1.76 bits per heavy atom. The van der Waals surface area contributed by atoms with Gasteiger partial charge in [-0.25, -0.2) is 4.79 Å². The van der Waals surface area contributed by atoms with Crippen LogP contribution in [0.2, 0.25) is 5.02 Å². The van der Waals surface area contributed by atoms with E-state index in [0.29, 0.717) is 11.6 Å². The number of hydrogen-bond acceptors (Lipinski definition) is 4. The minimum atomic E-state index is -0.822. The Morgan fingerprint density at radius 3 is 2.44 bits per heavy atom. The first-order chi connectivity index (χ1) is 12.1. The monoisotopic (exact) mass is 361 g/mol. The summed E-state index contributed by atoms with van der Waals surface area (Å²) >= 11 is 6.11. The zero-order chi connectivity index (χ0) is 18.1. The van der Waals surface area contributed by atoms with E-state index in [9.17, 15) is 9.59 Å². The van der Waals surface area contributed by atoms with Crippen LogP contribution in [0.25, 0.3) is 0 Å².